The molecule has 0 radical (unpaired) electrons. The summed E-state index contributed by atoms with van der Waals surface area (Å²) >= 11 is 0. The van der Waals surface area contributed by atoms with Crippen LogP contribution in [0.2, 0.25) is 0 Å². The summed E-state index contributed by atoms with van der Waals surface area (Å²) in [6.07, 6.45) is 12.3. The monoisotopic (exact) mass is 284 g/mol. The Bertz CT molecular complexity index is 579. The highest BCUT2D eigenvalue weighted by molar-refractivity contribution is 5.95. The number of nitrogens with zero attached hydrogens (tertiary/aromatic N) is 3. The lowest BCUT2D eigenvalue weighted by Gasteiger charge is -2.22. The van der Waals surface area contributed by atoms with E-state index in [1.807, 2.05) is 0 Å². The SMILES string of the molecule is O=C(Nc1cncnc1N1CCCC1)C1CC2C=CC1C2. The van der Waals surface area contributed by atoms with Gasteiger partial charge in [0.05, 0.1) is 6.20 Å². The number of amides is 1. The van der Waals surface area contributed by atoms with Gasteiger partial charge >= 0.3 is 0 Å². The third-order valence-corrected chi connectivity index (χ3v) is 4.97. The maximum atomic E-state index is 12.6. The van der Waals surface area contributed by atoms with Gasteiger partial charge in [0, 0.05) is 19.0 Å². The van der Waals surface area contributed by atoms with Gasteiger partial charge in [-0.25, -0.2) is 9.97 Å². The van der Waals surface area contributed by atoms with E-state index < -0.39 is 0 Å². The average Bonchev–Trinajstić information content (AvgIpc) is 3.25. The first-order valence-electron chi connectivity index (χ1n) is 7.85. The number of carbonyl (C=O) groups excluding carboxylic acids is 1. The van der Waals surface area contributed by atoms with Gasteiger partial charge in [0.1, 0.15) is 12.0 Å². The van der Waals surface area contributed by atoms with Crippen molar-refractivity contribution in [1.29, 1.82) is 0 Å². The number of nitrogens with one attached hydrogen (secondary N) is 1. The zero-order valence-corrected chi connectivity index (χ0v) is 12.0. The molecule has 3 unspecified atom stereocenters. The van der Waals surface area contributed by atoms with Crippen LogP contribution < -0.4 is 10.2 Å². The van der Waals surface area contributed by atoms with Crippen LogP contribution in [-0.2, 0) is 4.79 Å². The molecule has 1 saturated carbocycles. The standard InChI is InChI=1S/C16H20N4O/c21-16(13-8-11-3-4-12(13)7-11)19-14-9-17-10-18-15(14)20-5-1-2-6-20/h3-4,9-13H,1-2,5-8H2,(H,19,21). The van der Waals surface area contributed by atoms with Crippen molar-refractivity contribution in [3.05, 3.63) is 24.7 Å². The smallest absolute Gasteiger partial charge is 0.228 e. The van der Waals surface area contributed by atoms with Gasteiger partial charge in [-0.2, -0.15) is 0 Å². The highest BCUT2D eigenvalue weighted by Gasteiger charge is 2.40. The number of allylic oxidation sites excluding steroid dienone is 2. The molecule has 0 aromatic carbocycles. The molecule has 5 nitrogen and oxygen atoms in total. The van der Waals surface area contributed by atoms with Crippen LogP contribution in [0.4, 0.5) is 11.5 Å². The molecule has 2 bridgehead atoms. The lowest BCUT2D eigenvalue weighted by atomic mass is 9.93. The molecule has 110 valence electrons. The zero-order valence-electron chi connectivity index (χ0n) is 12.0. The number of carbonyl (C=O) groups is 1. The first kappa shape index (κ1) is 12.8. The first-order chi connectivity index (χ1) is 10.3. The highest BCUT2D eigenvalue weighted by atomic mass is 16.1. The molecule has 1 aliphatic heterocycles. The van der Waals surface area contributed by atoms with Crippen molar-refractivity contribution >= 4 is 17.4 Å². The van der Waals surface area contributed by atoms with Crippen LogP contribution in [0.1, 0.15) is 25.7 Å². The summed E-state index contributed by atoms with van der Waals surface area (Å²) in [5.41, 5.74) is 0.760. The third kappa shape index (κ3) is 2.30. The molecular weight excluding hydrogens is 264 g/mol. The van der Waals surface area contributed by atoms with Gasteiger partial charge in [-0.05, 0) is 37.5 Å². The minimum absolute atomic E-state index is 0.117. The van der Waals surface area contributed by atoms with Gasteiger partial charge in [-0.3, -0.25) is 4.79 Å². The summed E-state index contributed by atoms with van der Waals surface area (Å²) in [5, 5.41) is 3.07. The van der Waals surface area contributed by atoms with Crippen LogP contribution in [0.25, 0.3) is 0 Å². The van der Waals surface area contributed by atoms with Gasteiger partial charge in [0.2, 0.25) is 5.91 Å². The second-order valence-electron chi connectivity index (χ2n) is 6.33. The minimum atomic E-state index is 0.117. The largest absolute Gasteiger partial charge is 0.355 e. The Morgan fingerprint density at radius 1 is 1.24 bits per heavy atom. The average molecular weight is 284 g/mol. The molecule has 3 aliphatic rings. The molecule has 3 atom stereocenters. The van der Waals surface area contributed by atoms with E-state index in [9.17, 15) is 4.79 Å². The Morgan fingerprint density at radius 2 is 2.10 bits per heavy atom. The summed E-state index contributed by atoms with van der Waals surface area (Å²) in [7, 11) is 0. The van der Waals surface area contributed by atoms with E-state index in [0.29, 0.717) is 11.8 Å². The summed E-state index contributed by atoms with van der Waals surface area (Å²) in [5.74, 6) is 2.15. The van der Waals surface area contributed by atoms with Crippen molar-refractivity contribution < 1.29 is 4.79 Å². The molecule has 2 heterocycles. The molecule has 1 aromatic heterocycles. The third-order valence-electron chi connectivity index (χ3n) is 4.97. The number of aromatic nitrogens is 2. The number of hydrogen-bond acceptors (Lipinski definition) is 4. The van der Waals surface area contributed by atoms with E-state index in [-0.39, 0.29) is 11.8 Å². The summed E-state index contributed by atoms with van der Waals surface area (Å²) in [6, 6.07) is 0. The van der Waals surface area contributed by atoms with Gasteiger partial charge in [-0.1, -0.05) is 12.2 Å². The minimum Gasteiger partial charge on any atom is -0.355 e. The topological polar surface area (TPSA) is 58.1 Å². The summed E-state index contributed by atoms with van der Waals surface area (Å²) in [4.78, 5) is 23.2. The maximum absolute atomic E-state index is 12.6. The second kappa shape index (κ2) is 5.13. The molecule has 2 aliphatic carbocycles. The molecule has 1 N–H and O–H groups in total. The molecule has 2 fully saturated rings. The lowest BCUT2D eigenvalue weighted by molar-refractivity contribution is -0.120. The van der Waals surface area contributed by atoms with Crippen molar-refractivity contribution in [1.82, 2.24) is 9.97 Å². The fraction of sp³-hybridized carbons (Fsp3) is 0.562. The maximum Gasteiger partial charge on any atom is 0.228 e. The molecule has 1 aromatic rings. The van der Waals surface area contributed by atoms with E-state index >= 15 is 0 Å². The second-order valence-corrected chi connectivity index (χ2v) is 6.33. The molecule has 21 heavy (non-hydrogen) atoms. The lowest BCUT2D eigenvalue weighted by Crippen LogP contribution is -2.28. The van der Waals surface area contributed by atoms with E-state index in [1.54, 1.807) is 12.5 Å². The Labute approximate surface area is 124 Å². The molecular formula is C16H20N4O. The van der Waals surface area contributed by atoms with Gasteiger partial charge < -0.3 is 10.2 Å². The number of anilines is 2. The Balaban J connectivity index is 1.51. The molecule has 1 saturated heterocycles. The van der Waals surface area contributed by atoms with Crippen molar-refractivity contribution in [3.8, 4) is 0 Å². The van der Waals surface area contributed by atoms with Crippen LogP contribution in [-0.4, -0.2) is 29.0 Å². The molecule has 4 rings (SSSR count). The van der Waals surface area contributed by atoms with Crippen molar-refractivity contribution in [3.63, 3.8) is 0 Å². The van der Waals surface area contributed by atoms with Crippen LogP contribution >= 0.6 is 0 Å². The van der Waals surface area contributed by atoms with Crippen molar-refractivity contribution in [2.75, 3.05) is 23.3 Å². The molecule has 0 spiro atoms. The van der Waals surface area contributed by atoms with Crippen LogP contribution in [0, 0.1) is 17.8 Å². The van der Waals surface area contributed by atoms with Crippen molar-refractivity contribution in [2.45, 2.75) is 25.7 Å². The summed E-state index contributed by atoms with van der Waals surface area (Å²) < 4.78 is 0. The van der Waals surface area contributed by atoms with E-state index in [2.05, 4.69) is 32.3 Å². The Hall–Kier alpha value is -1.91. The van der Waals surface area contributed by atoms with Crippen LogP contribution in [0.15, 0.2) is 24.7 Å². The number of hydrogen-bond donors (Lipinski definition) is 1. The fourth-order valence-electron chi connectivity index (χ4n) is 3.90. The van der Waals surface area contributed by atoms with Gasteiger partial charge in [-0.15, -0.1) is 0 Å². The van der Waals surface area contributed by atoms with Crippen LogP contribution in [0.5, 0.6) is 0 Å². The van der Waals surface area contributed by atoms with Gasteiger partial charge in [0.15, 0.2) is 5.82 Å². The first-order valence-corrected chi connectivity index (χ1v) is 7.85. The quantitative estimate of drug-likeness (QED) is 0.865. The summed E-state index contributed by atoms with van der Waals surface area (Å²) in [6.45, 7) is 2.02. The predicted octanol–water partition coefficient (Wildman–Crippen LogP) is 2.23. The molecule has 5 heteroatoms. The van der Waals surface area contributed by atoms with Gasteiger partial charge in [0.25, 0.3) is 0 Å². The van der Waals surface area contributed by atoms with E-state index in [0.717, 1.165) is 37.4 Å². The highest BCUT2D eigenvalue weighted by Crippen LogP contribution is 2.44. The Kier molecular flexibility index (Phi) is 3.13. The fourth-order valence-corrected chi connectivity index (χ4v) is 3.90. The van der Waals surface area contributed by atoms with E-state index in [1.165, 1.54) is 12.8 Å². The predicted molar refractivity (Wildman–Crippen MR) is 81.0 cm³/mol. The zero-order chi connectivity index (χ0) is 14.2. The van der Waals surface area contributed by atoms with E-state index in [4.69, 9.17) is 0 Å². The number of fused-ring (bicyclic) bond motifs is 2. The normalized spacial score (nSPS) is 30.1. The van der Waals surface area contributed by atoms with Crippen molar-refractivity contribution in [2.24, 2.45) is 17.8 Å². The number of rotatable bonds is 3. The molecule has 1 amide bonds. The van der Waals surface area contributed by atoms with Crippen LogP contribution in [0.3, 0.4) is 0 Å². The Morgan fingerprint density at radius 3 is 2.81 bits per heavy atom.